The number of benzene rings is 1. The first-order valence-corrected chi connectivity index (χ1v) is 14.3. The number of aromatic nitrogens is 2. The molecule has 0 aliphatic carbocycles. The van der Waals surface area contributed by atoms with E-state index in [2.05, 4.69) is 33.9 Å². The van der Waals surface area contributed by atoms with Crippen LogP contribution in [0.2, 0.25) is 0 Å². The summed E-state index contributed by atoms with van der Waals surface area (Å²) in [5, 5.41) is 5.26. The first kappa shape index (κ1) is 29.1. The molecule has 0 radical (unpaired) electrons. The lowest BCUT2D eigenvalue weighted by molar-refractivity contribution is 0.101. The zero-order valence-electron chi connectivity index (χ0n) is 23.4. The molecule has 3 aromatic rings. The first-order chi connectivity index (χ1) is 19.5. The SMILES string of the molecule is CC1CN(c2cc(F)c(-c3csc(N4CCOCC4)n3)cc2NC(=O)c2cn(C)c(=O)cc2C(F)F)C[C@@H](C)N1C. The highest BCUT2D eigenvalue weighted by Crippen LogP contribution is 2.38. The number of nitrogens with one attached hydrogen (secondary N) is 1. The molecule has 2 saturated heterocycles. The van der Waals surface area contributed by atoms with Gasteiger partial charge in [0.1, 0.15) is 5.82 Å². The number of likely N-dealkylation sites (N-methyl/N-ethyl adjacent to an activating group) is 1. The number of ether oxygens (including phenoxy) is 1. The van der Waals surface area contributed by atoms with Gasteiger partial charge in [0.25, 0.3) is 17.9 Å². The van der Waals surface area contributed by atoms with Gasteiger partial charge in [-0.05, 0) is 27.0 Å². The minimum Gasteiger partial charge on any atom is -0.378 e. The molecule has 1 unspecified atom stereocenters. The van der Waals surface area contributed by atoms with Gasteiger partial charge in [0, 0.05) is 80.1 Å². The molecule has 2 atom stereocenters. The topological polar surface area (TPSA) is 82.9 Å². The molecule has 1 aromatic carbocycles. The maximum atomic E-state index is 15.8. The molecule has 4 heterocycles. The van der Waals surface area contributed by atoms with Gasteiger partial charge < -0.3 is 24.4 Å². The van der Waals surface area contributed by atoms with Crippen molar-refractivity contribution in [2.45, 2.75) is 32.4 Å². The molecule has 1 N–H and O–H groups in total. The number of piperazine rings is 1. The number of aryl methyl sites for hydroxylation is 1. The third-order valence-corrected chi connectivity index (χ3v) is 8.73. The van der Waals surface area contributed by atoms with E-state index < -0.39 is 29.3 Å². The Hall–Kier alpha value is -3.42. The van der Waals surface area contributed by atoms with Gasteiger partial charge in [-0.1, -0.05) is 0 Å². The van der Waals surface area contributed by atoms with Crippen molar-refractivity contribution in [1.29, 1.82) is 0 Å². The van der Waals surface area contributed by atoms with E-state index in [1.54, 1.807) is 5.38 Å². The molecule has 0 saturated carbocycles. The fraction of sp³-hybridized carbons (Fsp3) is 0.464. The Morgan fingerprint density at radius 3 is 2.44 bits per heavy atom. The van der Waals surface area contributed by atoms with E-state index in [0.717, 1.165) is 22.0 Å². The van der Waals surface area contributed by atoms with E-state index in [-0.39, 0.29) is 28.9 Å². The average Bonchev–Trinajstić information content (AvgIpc) is 3.44. The number of carbonyl (C=O) groups is 1. The summed E-state index contributed by atoms with van der Waals surface area (Å²) < 4.78 is 49.9. The molecular weight excluding hydrogens is 557 g/mol. The largest absolute Gasteiger partial charge is 0.378 e. The number of rotatable bonds is 6. The number of halogens is 3. The standard InChI is InChI=1S/C28H33F3N6O3S/c1-16-12-37(13-17(2)35(16)4)24-11-21(29)19(23-15-41-28(33-23)36-5-7-40-8-6-36)9-22(24)32-27(39)20-14-34(3)25(38)10-18(20)26(30)31/h9-11,14-17,26H,5-8,12-13H2,1-4H3,(H,32,39)/t16-,17?/m1/s1. The smallest absolute Gasteiger partial charge is 0.264 e. The lowest BCUT2D eigenvalue weighted by Gasteiger charge is -2.44. The van der Waals surface area contributed by atoms with Gasteiger partial charge in [-0.25, -0.2) is 18.2 Å². The Kier molecular flexibility index (Phi) is 8.39. The average molecular weight is 591 g/mol. The Morgan fingerprint density at radius 1 is 1.10 bits per heavy atom. The highest BCUT2D eigenvalue weighted by Gasteiger charge is 2.30. The Morgan fingerprint density at radius 2 is 1.78 bits per heavy atom. The lowest BCUT2D eigenvalue weighted by Crippen LogP contribution is -2.55. The first-order valence-electron chi connectivity index (χ1n) is 13.4. The summed E-state index contributed by atoms with van der Waals surface area (Å²) >= 11 is 1.39. The van der Waals surface area contributed by atoms with Crippen molar-refractivity contribution < 1.29 is 22.7 Å². The van der Waals surface area contributed by atoms with Crippen LogP contribution in [-0.4, -0.2) is 78.9 Å². The van der Waals surface area contributed by atoms with Crippen LogP contribution >= 0.6 is 11.3 Å². The lowest BCUT2D eigenvalue weighted by atomic mass is 10.0. The Labute approximate surface area is 240 Å². The van der Waals surface area contributed by atoms with Gasteiger partial charge in [0.2, 0.25) is 0 Å². The van der Waals surface area contributed by atoms with Gasteiger partial charge in [0.15, 0.2) is 5.13 Å². The summed E-state index contributed by atoms with van der Waals surface area (Å²) in [6, 6.07) is 3.95. The van der Waals surface area contributed by atoms with Gasteiger partial charge in [-0.15, -0.1) is 11.3 Å². The number of hydrogen-bond donors (Lipinski definition) is 1. The number of alkyl halides is 2. The monoisotopic (exact) mass is 590 g/mol. The zero-order chi connectivity index (χ0) is 29.4. The molecule has 0 bridgehead atoms. The second-order valence-electron chi connectivity index (χ2n) is 10.6. The van der Waals surface area contributed by atoms with Crippen LogP contribution in [0.15, 0.2) is 34.6 Å². The number of pyridine rings is 1. The number of thiazole rings is 1. The third-order valence-electron chi connectivity index (χ3n) is 7.82. The highest BCUT2D eigenvalue weighted by atomic mass is 32.1. The van der Waals surface area contributed by atoms with E-state index in [9.17, 15) is 18.4 Å². The molecule has 220 valence electrons. The predicted molar refractivity (Wildman–Crippen MR) is 154 cm³/mol. The van der Waals surface area contributed by atoms with Crippen molar-refractivity contribution in [2.24, 2.45) is 7.05 Å². The zero-order valence-corrected chi connectivity index (χ0v) is 24.2. The number of morpholine rings is 1. The maximum absolute atomic E-state index is 15.8. The van der Waals surface area contributed by atoms with Crippen molar-refractivity contribution in [3.05, 3.63) is 57.1 Å². The van der Waals surface area contributed by atoms with Crippen LogP contribution in [0, 0.1) is 5.82 Å². The second kappa shape index (κ2) is 11.8. The van der Waals surface area contributed by atoms with Crippen molar-refractivity contribution in [3.63, 3.8) is 0 Å². The van der Waals surface area contributed by atoms with Crippen molar-refractivity contribution in [2.75, 3.05) is 61.6 Å². The van der Waals surface area contributed by atoms with Crippen LogP contribution in [0.4, 0.5) is 29.7 Å². The molecule has 2 fully saturated rings. The van der Waals surface area contributed by atoms with Crippen LogP contribution in [0.5, 0.6) is 0 Å². The molecule has 1 amide bonds. The van der Waals surface area contributed by atoms with Crippen LogP contribution in [-0.2, 0) is 11.8 Å². The van der Waals surface area contributed by atoms with Crippen molar-refractivity contribution in [3.8, 4) is 11.3 Å². The molecule has 2 aromatic heterocycles. The van der Waals surface area contributed by atoms with E-state index in [4.69, 9.17) is 4.74 Å². The highest BCUT2D eigenvalue weighted by molar-refractivity contribution is 7.14. The predicted octanol–water partition coefficient (Wildman–Crippen LogP) is 4.20. The molecule has 9 nitrogen and oxygen atoms in total. The summed E-state index contributed by atoms with van der Waals surface area (Å²) in [4.78, 5) is 36.4. The normalized spacial score (nSPS) is 20.1. The number of carbonyl (C=O) groups excluding carboxylic acids is 1. The summed E-state index contributed by atoms with van der Waals surface area (Å²) in [6.07, 6.45) is -1.93. The molecule has 2 aliphatic heterocycles. The summed E-state index contributed by atoms with van der Waals surface area (Å²) in [5.41, 5.74) is -0.338. The summed E-state index contributed by atoms with van der Waals surface area (Å²) in [6.45, 7) is 7.80. The second-order valence-corrected chi connectivity index (χ2v) is 11.4. The van der Waals surface area contributed by atoms with Gasteiger partial charge in [-0.2, -0.15) is 0 Å². The van der Waals surface area contributed by atoms with E-state index in [1.807, 2.05) is 11.9 Å². The van der Waals surface area contributed by atoms with Crippen LogP contribution < -0.4 is 20.7 Å². The number of nitrogens with zero attached hydrogens (tertiary/aromatic N) is 5. The fourth-order valence-corrected chi connectivity index (χ4v) is 6.09. The minimum absolute atomic E-state index is 0.147. The molecule has 0 spiro atoms. The third kappa shape index (κ3) is 5.97. The quantitative estimate of drug-likeness (QED) is 0.461. The molecular formula is C28H33F3N6O3S. The van der Waals surface area contributed by atoms with E-state index in [0.29, 0.717) is 50.8 Å². The molecule has 13 heteroatoms. The van der Waals surface area contributed by atoms with Crippen LogP contribution in [0.25, 0.3) is 11.3 Å². The Bertz CT molecular complexity index is 1480. The summed E-state index contributed by atoms with van der Waals surface area (Å²) in [5.74, 6) is -1.33. The van der Waals surface area contributed by atoms with E-state index in [1.165, 1.54) is 30.5 Å². The van der Waals surface area contributed by atoms with Gasteiger partial charge >= 0.3 is 0 Å². The summed E-state index contributed by atoms with van der Waals surface area (Å²) in [7, 11) is 3.41. The van der Waals surface area contributed by atoms with Crippen LogP contribution in [0.3, 0.4) is 0 Å². The van der Waals surface area contributed by atoms with Crippen molar-refractivity contribution >= 4 is 33.8 Å². The molecule has 2 aliphatic rings. The number of anilines is 3. The number of hydrogen-bond acceptors (Lipinski definition) is 8. The van der Waals surface area contributed by atoms with Crippen LogP contribution in [0.1, 0.15) is 36.2 Å². The minimum atomic E-state index is -3.03. The molecule has 5 rings (SSSR count). The number of amides is 1. The van der Waals surface area contributed by atoms with Crippen molar-refractivity contribution in [1.82, 2.24) is 14.5 Å². The Balaban J connectivity index is 1.56. The van der Waals surface area contributed by atoms with Gasteiger partial charge in [-0.3, -0.25) is 14.5 Å². The van der Waals surface area contributed by atoms with E-state index >= 15 is 4.39 Å². The fourth-order valence-electron chi connectivity index (χ4n) is 5.21. The maximum Gasteiger partial charge on any atom is 0.264 e. The molecule has 41 heavy (non-hydrogen) atoms. The van der Waals surface area contributed by atoms with Gasteiger partial charge in [0.05, 0.1) is 35.8 Å².